The SMILES string of the molecule is CNC(=O)C[C@H]1CN(Cc2cnn(C)c2)Cc2ccnn21. The Hall–Kier alpha value is -2.15. The van der Waals surface area contributed by atoms with Gasteiger partial charge >= 0.3 is 0 Å². The summed E-state index contributed by atoms with van der Waals surface area (Å²) in [6.07, 6.45) is 6.17. The van der Waals surface area contributed by atoms with Crippen molar-refractivity contribution in [3.05, 3.63) is 35.9 Å². The lowest BCUT2D eigenvalue weighted by molar-refractivity contribution is -0.121. The molecule has 3 heterocycles. The molecule has 0 saturated carbocycles. The molecule has 2 aromatic heterocycles. The fourth-order valence-corrected chi connectivity index (χ4v) is 2.86. The number of nitrogens with one attached hydrogen (secondary N) is 1. The lowest BCUT2D eigenvalue weighted by Crippen LogP contribution is -2.39. The van der Waals surface area contributed by atoms with Gasteiger partial charge in [0.05, 0.1) is 24.4 Å². The molecular formula is C14H20N6O. The molecule has 7 heteroatoms. The smallest absolute Gasteiger partial charge is 0.221 e. The largest absolute Gasteiger partial charge is 0.359 e. The summed E-state index contributed by atoms with van der Waals surface area (Å²) in [5.41, 5.74) is 2.34. The van der Waals surface area contributed by atoms with Crippen molar-refractivity contribution >= 4 is 5.91 Å². The van der Waals surface area contributed by atoms with Gasteiger partial charge in [-0.3, -0.25) is 19.1 Å². The topological polar surface area (TPSA) is 68.0 Å². The number of hydrogen-bond donors (Lipinski definition) is 1. The number of carbonyl (C=O) groups excluding carboxylic acids is 1. The highest BCUT2D eigenvalue weighted by molar-refractivity contribution is 5.76. The van der Waals surface area contributed by atoms with Crippen LogP contribution in [0.1, 0.15) is 23.7 Å². The second-order valence-electron chi connectivity index (χ2n) is 5.49. The Bertz CT molecular complexity index is 631. The Morgan fingerprint density at radius 2 is 2.33 bits per heavy atom. The first-order valence-corrected chi connectivity index (χ1v) is 7.08. The third kappa shape index (κ3) is 2.97. The molecule has 1 N–H and O–H groups in total. The van der Waals surface area contributed by atoms with Gasteiger partial charge in [0.15, 0.2) is 0 Å². The van der Waals surface area contributed by atoms with Gasteiger partial charge in [0.1, 0.15) is 0 Å². The van der Waals surface area contributed by atoms with Crippen molar-refractivity contribution in [2.24, 2.45) is 7.05 Å². The van der Waals surface area contributed by atoms with E-state index in [1.807, 2.05) is 34.9 Å². The zero-order valence-electron chi connectivity index (χ0n) is 12.4. The van der Waals surface area contributed by atoms with Crippen molar-refractivity contribution in [2.75, 3.05) is 13.6 Å². The molecule has 0 saturated heterocycles. The molecule has 1 aliphatic rings. The molecule has 21 heavy (non-hydrogen) atoms. The van der Waals surface area contributed by atoms with E-state index in [9.17, 15) is 4.79 Å². The third-order valence-corrected chi connectivity index (χ3v) is 3.82. The Labute approximate surface area is 123 Å². The summed E-state index contributed by atoms with van der Waals surface area (Å²) >= 11 is 0. The molecule has 0 fully saturated rings. The van der Waals surface area contributed by atoms with Crippen LogP contribution in [0.5, 0.6) is 0 Å². The average molecular weight is 288 g/mol. The molecule has 3 rings (SSSR count). The molecule has 0 aromatic carbocycles. The summed E-state index contributed by atoms with van der Waals surface area (Å²) in [5.74, 6) is 0.0460. The first-order chi connectivity index (χ1) is 10.2. The second-order valence-corrected chi connectivity index (χ2v) is 5.49. The Morgan fingerprint density at radius 3 is 3.05 bits per heavy atom. The van der Waals surface area contributed by atoms with Crippen LogP contribution in [0.25, 0.3) is 0 Å². The minimum atomic E-state index is 0.0460. The molecule has 0 radical (unpaired) electrons. The molecule has 0 unspecified atom stereocenters. The predicted molar refractivity (Wildman–Crippen MR) is 77.3 cm³/mol. The van der Waals surface area contributed by atoms with Crippen LogP contribution in [-0.2, 0) is 24.9 Å². The van der Waals surface area contributed by atoms with Gasteiger partial charge in [-0.05, 0) is 6.07 Å². The van der Waals surface area contributed by atoms with Gasteiger partial charge in [0.2, 0.25) is 5.91 Å². The van der Waals surface area contributed by atoms with Crippen molar-refractivity contribution in [1.29, 1.82) is 0 Å². The Morgan fingerprint density at radius 1 is 1.48 bits per heavy atom. The van der Waals surface area contributed by atoms with Crippen molar-refractivity contribution in [2.45, 2.75) is 25.6 Å². The first-order valence-electron chi connectivity index (χ1n) is 7.08. The van der Waals surface area contributed by atoms with Crippen molar-refractivity contribution in [3.8, 4) is 0 Å². The molecule has 0 spiro atoms. The quantitative estimate of drug-likeness (QED) is 0.879. The maximum atomic E-state index is 11.7. The van der Waals surface area contributed by atoms with Crippen molar-refractivity contribution < 1.29 is 4.79 Å². The summed E-state index contributed by atoms with van der Waals surface area (Å²) in [6, 6.07) is 2.10. The van der Waals surface area contributed by atoms with Gasteiger partial charge in [-0.1, -0.05) is 0 Å². The number of carbonyl (C=O) groups is 1. The number of aromatic nitrogens is 4. The number of amides is 1. The minimum Gasteiger partial charge on any atom is -0.359 e. The maximum Gasteiger partial charge on any atom is 0.221 e. The normalized spacial score (nSPS) is 18.5. The van der Waals surface area contributed by atoms with Crippen molar-refractivity contribution in [1.82, 2.24) is 29.8 Å². The van der Waals surface area contributed by atoms with Crippen molar-refractivity contribution in [3.63, 3.8) is 0 Å². The number of fused-ring (bicyclic) bond motifs is 1. The monoisotopic (exact) mass is 288 g/mol. The van der Waals surface area contributed by atoms with E-state index in [1.165, 1.54) is 5.56 Å². The van der Waals surface area contributed by atoms with E-state index >= 15 is 0 Å². The molecule has 1 aliphatic heterocycles. The summed E-state index contributed by atoms with van der Waals surface area (Å²) in [5, 5.41) is 11.3. The van der Waals surface area contributed by atoms with Crippen LogP contribution in [-0.4, -0.2) is 44.0 Å². The number of aryl methyl sites for hydroxylation is 1. The summed E-state index contributed by atoms with van der Waals surface area (Å²) in [6.45, 7) is 2.50. The van der Waals surface area contributed by atoms with Crippen LogP contribution in [0.15, 0.2) is 24.7 Å². The van der Waals surface area contributed by atoms with E-state index in [4.69, 9.17) is 0 Å². The van der Waals surface area contributed by atoms with Gasteiger partial charge < -0.3 is 5.32 Å². The third-order valence-electron chi connectivity index (χ3n) is 3.82. The number of nitrogens with zero attached hydrogens (tertiary/aromatic N) is 5. The molecule has 112 valence electrons. The Balaban J connectivity index is 1.75. The van der Waals surface area contributed by atoms with Crippen LogP contribution in [0.3, 0.4) is 0 Å². The summed E-state index contributed by atoms with van der Waals surface area (Å²) in [7, 11) is 3.59. The molecule has 1 amide bonds. The van der Waals surface area contributed by atoms with Gasteiger partial charge in [-0.15, -0.1) is 0 Å². The number of hydrogen-bond acceptors (Lipinski definition) is 4. The van der Waals surface area contributed by atoms with Crippen LogP contribution >= 0.6 is 0 Å². The molecule has 2 aromatic rings. The zero-order valence-corrected chi connectivity index (χ0v) is 12.4. The molecule has 0 aliphatic carbocycles. The zero-order chi connectivity index (χ0) is 14.8. The lowest BCUT2D eigenvalue weighted by Gasteiger charge is -2.33. The van der Waals surface area contributed by atoms with Crippen LogP contribution < -0.4 is 5.32 Å². The molecule has 1 atom stereocenters. The lowest BCUT2D eigenvalue weighted by atomic mass is 10.1. The minimum absolute atomic E-state index is 0.0460. The van der Waals surface area contributed by atoms with E-state index in [1.54, 1.807) is 13.2 Å². The Kier molecular flexibility index (Phi) is 3.74. The van der Waals surface area contributed by atoms with Crippen LogP contribution in [0, 0.1) is 0 Å². The van der Waals surface area contributed by atoms with E-state index in [-0.39, 0.29) is 11.9 Å². The maximum absolute atomic E-state index is 11.7. The average Bonchev–Trinajstić information content (AvgIpc) is 3.07. The highest BCUT2D eigenvalue weighted by Crippen LogP contribution is 2.24. The van der Waals surface area contributed by atoms with Gasteiger partial charge in [-0.25, -0.2) is 0 Å². The number of rotatable bonds is 4. The van der Waals surface area contributed by atoms with Gasteiger partial charge in [0.25, 0.3) is 0 Å². The molecule has 7 nitrogen and oxygen atoms in total. The summed E-state index contributed by atoms with van der Waals surface area (Å²) in [4.78, 5) is 14.0. The highest BCUT2D eigenvalue weighted by atomic mass is 16.1. The standard InChI is InChI=1S/C14H20N6O/c1-15-14(21)5-13-10-19(8-11-6-17-18(2)7-11)9-12-3-4-16-20(12)13/h3-4,6-7,13H,5,8-10H2,1-2H3,(H,15,21)/t13-/m0/s1. The predicted octanol–water partition coefficient (Wildman–Crippen LogP) is 0.310. The fourth-order valence-electron chi connectivity index (χ4n) is 2.86. The van der Waals surface area contributed by atoms with E-state index in [0.29, 0.717) is 6.42 Å². The first kappa shape index (κ1) is 13.8. The molecule has 0 bridgehead atoms. The van der Waals surface area contributed by atoms with Crippen LogP contribution in [0.2, 0.25) is 0 Å². The van der Waals surface area contributed by atoms with Gasteiger partial charge in [-0.2, -0.15) is 10.2 Å². The highest BCUT2D eigenvalue weighted by Gasteiger charge is 2.27. The van der Waals surface area contributed by atoms with E-state index < -0.39 is 0 Å². The summed E-state index contributed by atoms with van der Waals surface area (Å²) < 4.78 is 3.79. The van der Waals surface area contributed by atoms with E-state index in [2.05, 4.69) is 20.4 Å². The molecular weight excluding hydrogens is 268 g/mol. The van der Waals surface area contributed by atoms with Crippen LogP contribution in [0.4, 0.5) is 0 Å². The fraction of sp³-hybridized carbons (Fsp3) is 0.500. The van der Waals surface area contributed by atoms with Gasteiger partial charge in [0, 0.05) is 51.7 Å². The second kappa shape index (κ2) is 5.69. The van der Waals surface area contributed by atoms with E-state index in [0.717, 1.165) is 25.3 Å².